The first-order chi connectivity index (χ1) is 13.4. The molecule has 2 aromatic rings. The van der Waals surface area contributed by atoms with Crippen molar-refractivity contribution >= 4 is 11.7 Å². The van der Waals surface area contributed by atoms with E-state index in [0.29, 0.717) is 6.42 Å². The van der Waals surface area contributed by atoms with Crippen molar-refractivity contribution in [2.75, 3.05) is 0 Å². The van der Waals surface area contributed by atoms with Crippen LogP contribution in [-0.2, 0) is 11.2 Å². The summed E-state index contributed by atoms with van der Waals surface area (Å²) in [5, 5.41) is 21.7. The molecule has 2 atom stereocenters. The van der Waals surface area contributed by atoms with Crippen LogP contribution in [0.25, 0.3) is 0 Å². The number of hydrogen-bond acceptors (Lipinski definition) is 7. The number of aromatic nitrogens is 2. The summed E-state index contributed by atoms with van der Waals surface area (Å²) in [6.07, 6.45) is 4.79. The minimum absolute atomic E-state index is 0.0853. The SMILES string of the molecule is CC(C)C[C@H](CC(=O)[C@H](Cc1ccccc1)NC(=O)c1cnccn1)N(O)O. The summed E-state index contributed by atoms with van der Waals surface area (Å²) in [5.74, 6) is -0.631. The predicted octanol–water partition coefficient (Wildman–Crippen LogP) is 2.27. The van der Waals surface area contributed by atoms with E-state index in [0.717, 1.165) is 5.56 Å². The second-order valence-corrected chi connectivity index (χ2v) is 7.08. The Labute approximate surface area is 164 Å². The van der Waals surface area contributed by atoms with E-state index in [1.807, 2.05) is 44.2 Å². The van der Waals surface area contributed by atoms with Crippen molar-refractivity contribution < 1.29 is 20.0 Å². The number of nitrogens with zero attached hydrogens (tertiary/aromatic N) is 3. The number of carbonyl (C=O) groups excluding carboxylic acids is 2. The van der Waals surface area contributed by atoms with Crippen molar-refractivity contribution in [1.29, 1.82) is 0 Å². The zero-order chi connectivity index (χ0) is 20.5. The Morgan fingerprint density at radius 1 is 1.14 bits per heavy atom. The molecule has 0 bridgehead atoms. The van der Waals surface area contributed by atoms with Gasteiger partial charge in [-0.2, -0.15) is 0 Å². The number of hydrogen-bond donors (Lipinski definition) is 3. The van der Waals surface area contributed by atoms with Gasteiger partial charge in [-0.15, -0.1) is 0 Å². The summed E-state index contributed by atoms with van der Waals surface area (Å²) in [4.78, 5) is 33.2. The van der Waals surface area contributed by atoms with E-state index in [-0.39, 0.29) is 35.5 Å². The summed E-state index contributed by atoms with van der Waals surface area (Å²) in [6, 6.07) is 7.73. The maximum Gasteiger partial charge on any atom is 0.272 e. The van der Waals surface area contributed by atoms with E-state index in [4.69, 9.17) is 0 Å². The third-order valence-corrected chi connectivity index (χ3v) is 4.28. The smallest absolute Gasteiger partial charge is 0.272 e. The fraction of sp³-hybridized carbons (Fsp3) is 0.400. The molecule has 1 amide bonds. The van der Waals surface area contributed by atoms with Gasteiger partial charge in [0.25, 0.3) is 5.91 Å². The van der Waals surface area contributed by atoms with Gasteiger partial charge in [0, 0.05) is 18.8 Å². The molecule has 0 aliphatic carbocycles. The highest BCUT2D eigenvalue weighted by molar-refractivity contribution is 5.96. The Bertz CT molecular complexity index is 753. The minimum atomic E-state index is -0.827. The zero-order valence-electron chi connectivity index (χ0n) is 16.0. The average Bonchev–Trinajstić information content (AvgIpc) is 2.68. The van der Waals surface area contributed by atoms with Crippen LogP contribution in [0.1, 0.15) is 42.7 Å². The Balaban J connectivity index is 2.16. The van der Waals surface area contributed by atoms with Crippen LogP contribution >= 0.6 is 0 Å². The predicted molar refractivity (Wildman–Crippen MR) is 102 cm³/mol. The first kappa shape index (κ1) is 21.6. The number of ketones is 1. The standard InChI is InChI=1S/C20H26N4O4/c1-14(2)10-16(24(27)28)12-19(25)17(11-15-6-4-3-5-7-15)23-20(26)18-13-21-8-9-22-18/h3-9,13-14,16-17,27-28H,10-12H2,1-2H3,(H,23,26)/t16-,17+/m1/s1. The lowest BCUT2D eigenvalue weighted by Crippen LogP contribution is -2.45. The third kappa shape index (κ3) is 6.80. The maximum absolute atomic E-state index is 12.9. The Kier molecular flexibility index (Phi) is 8.19. The summed E-state index contributed by atoms with van der Waals surface area (Å²) in [6.45, 7) is 3.86. The van der Waals surface area contributed by atoms with Crippen molar-refractivity contribution in [2.24, 2.45) is 5.92 Å². The highest BCUT2D eigenvalue weighted by Crippen LogP contribution is 2.15. The van der Waals surface area contributed by atoms with E-state index in [9.17, 15) is 20.0 Å². The van der Waals surface area contributed by atoms with E-state index >= 15 is 0 Å². The molecule has 0 radical (unpaired) electrons. The van der Waals surface area contributed by atoms with Crippen LogP contribution in [0.5, 0.6) is 0 Å². The molecule has 28 heavy (non-hydrogen) atoms. The normalized spacial score (nSPS) is 13.4. The van der Waals surface area contributed by atoms with Gasteiger partial charge in [0.1, 0.15) is 5.69 Å². The molecule has 8 nitrogen and oxygen atoms in total. The lowest BCUT2D eigenvalue weighted by Gasteiger charge is -2.24. The van der Waals surface area contributed by atoms with Gasteiger partial charge in [-0.3, -0.25) is 25.0 Å². The van der Waals surface area contributed by atoms with E-state index in [1.165, 1.54) is 18.6 Å². The zero-order valence-corrected chi connectivity index (χ0v) is 16.0. The molecule has 0 aliphatic heterocycles. The second kappa shape index (κ2) is 10.6. The van der Waals surface area contributed by atoms with Crippen molar-refractivity contribution in [2.45, 2.75) is 45.2 Å². The minimum Gasteiger partial charge on any atom is -0.341 e. The number of benzene rings is 1. The second-order valence-electron chi connectivity index (χ2n) is 7.08. The summed E-state index contributed by atoms with van der Waals surface area (Å²) >= 11 is 0. The molecule has 0 saturated carbocycles. The number of hydroxylamine groups is 2. The van der Waals surface area contributed by atoms with Crippen LogP contribution in [0, 0.1) is 5.92 Å². The molecule has 0 saturated heterocycles. The van der Waals surface area contributed by atoms with Crippen molar-refractivity contribution in [3.8, 4) is 0 Å². The number of nitrogens with one attached hydrogen (secondary N) is 1. The number of rotatable bonds is 10. The largest absolute Gasteiger partial charge is 0.341 e. The van der Waals surface area contributed by atoms with Crippen LogP contribution in [0.3, 0.4) is 0 Å². The van der Waals surface area contributed by atoms with Crippen LogP contribution in [-0.4, -0.2) is 49.4 Å². The Hall–Kier alpha value is -2.68. The van der Waals surface area contributed by atoms with E-state index < -0.39 is 18.0 Å². The molecule has 0 spiro atoms. The summed E-state index contributed by atoms with van der Waals surface area (Å²) < 4.78 is 0. The molecule has 1 aromatic heterocycles. The molecule has 1 aromatic carbocycles. The molecule has 1 heterocycles. The van der Waals surface area contributed by atoms with Gasteiger partial charge in [-0.1, -0.05) is 49.4 Å². The molecule has 8 heteroatoms. The molecule has 3 N–H and O–H groups in total. The fourth-order valence-electron chi connectivity index (χ4n) is 2.92. The van der Waals surface area contributed by atoms with Crippen LogP contribution in [0.4, 0.5) is 0 Å². The molecule has 0 fully saturated rings. The van der Waals surface area contributed by atoms with Gasteiger partial charge in [-0.05, 0) is 24.3 Å². The van der Waals surface area contributed by atoms with Crippen molar-refractivity contribution in [3.05, 3.63) is 60.2 Å². The van der Waals surface area contributed by atoms with Crippen LogP contribution in [0.2, 0.25) is 0 Å². The Morgan fingerprint density at radius 3 is 2.43 bits per heavy atom. The lowest BCUT2D eigenvalue weighted by molar-refractivity contribution is -0.333. The highest BCUT2D eigenvalue weighted by Gasteiger charge is 2.27. The summed E-state index contributed by atoms with van der Waals surface area (Å²) in [5.41, 5.74) is 0.989. The third-order valence-electron chi connectivity index (χ3n) is 4.28. The van der Waals surface area contributed by atoms with Gasteiger partial charge in [-0.25, -0.2) is 4.98 Å². The van der Waals surface area contributed by atoms with Crippen molar-refractivity contribution in [3.63, 3.8) is 0 Å². The monoisotopic (exact) mass is 386 g/mol. The topological polar surface area (TPSA) is 116 Å². The molecular formula is C20H26N4O4. The fourth-order valence-corrected chi connectivity index (χ4v) is 2.92. The quantitative estimate of drug-likeness (QED) is 0.536. The van der Waals surface area contributed by atoms with E-state index in [1.54, 1.807) is 0 Å². The van der Waals surface area contributed by atoms with Gasteiger partial charge in [0.15, 0.2) is 5.78 Å². The number of amides is 1. The summed E-state index contributed by atoms with van der Waals surface area (Å²) in [7, 11) is 0. The first-order valence-electron chi connectivity index (χ1n) is 9.17. The molecular weight excluding hydrogens is 360 g/mol. The molecule has 0 unspecified atom stereocenters. The van der Waals surface area contributed by atoms with Gasteiger partial charge in [0.2, 0.25) is 0 Å². The molecule has 150 valence electrons. The highest BCUT2D eigenvalue weighted by atomic mass is 16.8. The Morgan fingerprint density at radius 2 is 1.86 bits per heavy atom. The van der Waals surface area contributed by atoms with Crippen LogP contribution < -0.4 is 5.32 Å². The average molecular weight is 386 g/mol. The van der Waals surface area contributed by atoms with Gasteiger partial charge < -0.3 is 5.32 Å². The molecule has 0 aliphatic rings. The number of carbonyl (C=O) groups is 2. The maximum atomic E-state index is 12.9. The molecule has 2 rings (SSSR count). The number of Topliss-reactive ketones (excluding diaryl/α,β-unsaturated/α-hetero) is 1. The first-order valence-corrected chi connectivity index (χ1v) is 9.17. The lowest BCUT2D eigenvalue weighted by atomic mass is 9.94. The van der Waals surface area contributed by atoms with Crippen molar-refractivity contribution in [1.82, 2.24) is 20.5 Å². The van der Waals surface area contributed by atoms with E-state index in [2.05, 4.69) is 15.3 Å². The van der Waals surface area contributed by atoms with Gasteiger partial charge >= 0.3 is 0 Å². The van der Waals surface area contributed by atoms with Gasteiger partial charge in [0.05, 0.1) is 18.3 Å². The van der Waals surface area contributed by atoms with Crippen LogP contribution in [0.15, 0.2) is 48.9 Å².